The summed E-state index contributed by atoms with van der Waals surface area (Å²) in [5, 5.41) is 16.7. The molecule has 0 saturated heterocycles. The van der Waals surface area contributed by atoms with E-state index in [-0.39, 0.29) is 0 Å². The van der Waals surface area contributed by atoms with Gasteiger partial charge in [0.25, 0.3) is 0 Å². The van der Waals surface area contributed by atoms with Crippen LogP contribution in [0.25, 0.3) is 10.2 Å². The predicted molar refractivity (Wildman–Crippen MR) is 134 cm³/mol. The van der Waals surface area contributed by atoms with E-state index in [9.17, 15) is 5.11 Å². The number of aliphatic hydroxyl groups is 1. The number of hydrogen-bond acceptors (Lipinski definition) is 8. The quantitative estimate of drug-likeness (QED) is 0.125. The highest BCUT2D eigenvalue weighted by Gasteiger charge is 2.11. The van der Waals surface area contributed by atoms with E-state index in [1.165, 1.54) is 17.2 Å². The molecule has 0 aliphatic carbocycles. The van der Waals surface area contributed by atoms with Crippen LogP contribution in [0, 0.1) is 13.8 Å². The second kappa shape index (κ2) is 13.2. The van der Waals surface area contributed by atoms with Crippen molar-refractivity contribution in [3.8, 4) is 0 Å². The molecule has 1 heterocycles. The molecule has 0 saturated carbocycles. The Bertz CT molecular complexity index is 1020. The zero-order chi connectivity index (χ0) is 23.5. The first-order valence-corrected chi connectivity index (χ1v) is 11.7. The molecule has 0 bridgehead atoms. The summed E-state index contributed by atoms with van der Waals surface area (Å²) in [6.07, 6.45) is 2.25. The third kappa shape index (κ3) is 8.03. The van der Waals surface area contributed by atoms with Gasteiger partial charge in [0, 0.05) is 0 Å². The predicted octanol–water partition coefficient (Wildman–Crippen LogP) is 4.31. The van der Waals surface area contributed by atoms with Crippen molar-refractivity contribution in [3.63, 3.8) is 0 Å². The molecule has 3 rings (SSSR count). The summed E-state index contributed by atoms with van der Waals surface area (Å²) in [7, 11) is 0. The summed E-state index contributed by atoms with van der Waals surface area (Å²) in [5.41, 5.74) is 4.41. The number of hydrazone groups is 1. The Morgan fingerprint density at radius 3 is 2.64 bits per heavy atom. The number of ether oxygens (including phenoxy) is 3. The molecule has 1 aromatic heterocycles. The first-order valence-electron chi connectivity index (χ1n) is 10.9. The van der Waals surface area contributed by atoms with Crippen LogP contribution in [0.15, 0.2) is 60.2 Å². The Kier molecular flexibility index (Phi) is 9.99. The average molecular weight is 470 g/mol. The highest BCUT2D eigenvalue weighted by atomic mass is 32.1. The molecule has 0 radical (unpaired) electrons. The van der Waals surface area contributed by atoms with Gasteiger partial charge in [0.05, 0.1) is 56.0 Å². The Labute approximate surface area is 198 Å². The lowest BCUT2D eigenvalue weighted by Crippen LogP contribution is -2.23. The third-order valence-corrected chi connectivity index (χ3v) is 5.86. The summed E-state index contributed by atoms with van der Waals surface area (Å²) < 4.78 is 17.3. The monoisotopic (exact) mass is 469 g/mol. The van der Waals surface area contributed by atoms with E-state index in [0.717, 1.165) is 20.9 Å². The maximum atomic E-state index is 9.23. The lowest BCUT2D eigenvalue weighted by atomic mass is 10.1. The molecule has 0 amide bonds. The number of para-hydroxylation sites is 1. The molecule has 7 nitrogen and oxygen atoms in total. The van der Waals surface area contributed by atoms with Crippen molar-refractivity contribution in [3.05, 3.63) is 71.8 Å². The van der Waals surface area contributed by atoms with Gasteiger partial charge in [0.2, 0.25) is 5.13 Å². The number of nitrogens with zero attached hydrogens (tertiary/aromatic N) is 3. The number of rotatable bonds is 14. The van der Waals surface area contributed by atoms with Gasteiger partial charge in [-0.05, 0) is 43.2 Å². The molecule has 176 valence electrons. The maximum Gasteiger partial charge on any atom is 0.207 e. The number of thiazole rings is 1. The van der Waals surface area contributed by atoms with Crippen LogP contribution in [0.1, 0.15) is 16.7 Å². The van der Waals surface area contributed by atoms with Gasteiger partial charge in [0.15, 0.2) is 6.29 Å². The number of anilines is 1. The molecular weight excluding hydrogens is 438 g/mol. The van der Waals surface area contributed by atoms with Gasteiger partial charge in [-0.25, -0.2) is 9.99 Å². The fourth-order valence-electron chi connectivity index (χ4n) is 2.97. The van der Waals surface area contributed by atoms with E-state index in [4.69, 9.17) is 24.3 Å². The zero-order valence-electron chi connectivity index (χ0n) is 19.1. The molecule has 1 N–H and O–H groups in total. The molecular formula is C25H31N3O4S. The van der Waals surface area contributed by atoms with Crippen molar-refractivity contribution < 1.29 is 19.3 Å². The second-order valence-corrected chi connectivity index (χ2v) is 8.42. The lowest BCUT2D eigenvalue weighted by molar-refractivity contribution is -0.0835. The minimum absolute atomic E-state index is 0.297. The first kappa shape index (κ1) is 25.0. The second-order valence-electron chi connectivity index (χ2n) is 7.41. The molecule has 0 fully saturated rings. The van der Waals surface area contributed by atoms with Crippen LogP contribution in [-0.4, -0.2) is 62.2 Å². The van der Waals surface area contributed by atoms with Crippen LogP contribution >= 0.6 is 11.3 Å². The molecule has 1 unspecified atom stereocenters. The smallest absolute Gasteiger partial charge is 0.207 e. The van der Waals surface area contributed by atoms with E-state index in [1.807, 2.05) is 29.4 Å². The number of aryl methyl sites for hydroxylation is 2. The number of aromatic nitrogens is 1. The van der Waals surface area contributed by atoms with Crippen LogP contribution < -0.4 is 5.01 Å². The van der Waals surface area contributed by atoms with E-state index < -0.39 is 6.29 Å². The Balaban J connectivity index is 1.54. The SMILES string of the molecule is C=CC(O)OCCOCCOCCN(/N=C/c1cc(C)ccc1C)c1nc2ccccc2s1. The molecule has 8 heteroatoms. The molecule has 3 aromatic rings. The normalized spacial score (nSPS) is 12.5. The molecule has 0 spiro atoms. The highest BCUT2D eigenvalue weighted by molar-refractivity contribution is 7.22. The summed E-state index contributed by atoms with van der Waals surface area (Å²) in [6.45, 7) is 10.2. The largest absolute Gasteiger partial charge is 0.377 e. The maximum absolute atomic E-state index is 9.23. The minimum atomic E-state index is -0.956. The van der Waals surface area contributed by atoms with Gasteiger partial charge in [-0.15, -0.1) is 0 Å². The average Bonchev–Trinajstić information content (AvgIpc) is 3.25. The van der Waals surface area contributed by atoms with Gasteiger partial charge >= 0.3 is 0 Å². The number of fused-ring (bicyclic) bond motifs is 1. The molecule has 1 atom stereocenters. The molecule has 0 aliphatic heterocycles. The molecule has 33 heavy (non-hydrogen) atoms. The van der Waals surface area contributed by atoms with Crippen molar-refractivity contribution in [1.82, 2.24) is 4.98 Å². The minimum Gasteiger partial charge on any atom is -0.377 e. The van der Waals surface area contributed by atoms with Gasteiger partial charge in [0.1, 0.15) is 0 Å². The van der Waals surface area contributed by atoms with E-state index in [0.29, 0.717) is 39.6 Å². The number of aliphatic hydroxyl groups excluding tert-OH is 1. The van der Waals surface area contributed by atoms with Gasteiger partial charge in [-0.3, -0.25) is 0 Å². The number of hydrogen-bond donors (Lipinski definition) is 1. The topological polar surface area (TPSA) is 76.4 Å². The summed E-state index contributed by atoms with van der Waals surface area (Å²) in [4.78, 5) is 4.74. The fraction of sp³-hybridized carbons (Fsp3) is 0.360. The van der Waals surface area contributed by atoms with Crippen LogP contribution in [0.2, 0.25) is 0 Å². The van der Waals surface area contributed by atoms with Crippen LogP contribution in [-0.2, 0) is 14.2 Å². The third-order valence-electron chi connectivity index (χ3n) is 4.81. The Hall–Kier alpha value is -2.62. The Morgan fingerprint density at radius 2 is 1.85 bits per heavy atom. The van der Waals surface area contributed by atoms with E-state index in [1.54, 1.807) is 11.3 Å². The molecule has 2 aromatic carbocycles. The fourth-order valence-corrected chi connectivity index (χ4v) is 3.92. The number of benzene rings is 2. The highest BCUT2D eigenvalue weighted by Crippen LogP contribution is 2.28. The lowest BCUT2D eigenvalue weighted by Gasteiger charge is -2.16. The van der Waals surface area contributed by atoms with Gasteiger partial charge in [-0.2, -0.15) is 5.10 Å². The van der Waals surface area contributed by atoms with Gasteiger partial charge < -0.3 is 19.3 Å². The van der Waals surface area contributed by atoms with Crippen molar-refractivity contribution in [1.29, 1.82) is 0 Å². The first-order chi connectivity index (χ1) is 16.1. The van der Waals surface area contributed by atoms with Crippen molar-refractivity contribution in [2.45, 2.75) is 20.1 Å². The van der Waals surface area contributed by atoms with Crippen LogP contribution in [0.3, 0.4) is 0 Å². The summed E-state index contributed by atoms with van der Waals surface area (Å²) in [6, 6.07) is 14.4. The van der Waals surface area contributed by atoms with Crippen LogP contribution in [0.5, 0.6) is 0 Å². The zero-order valence-corrected chi connectivity index (χ0v) is 20.0. The van der Waals surface area contributed by atoms with Crippen molar-refractivity contribution in [2.75, 3.05) is 44.6 Å². The van der Waals surface area contributed by atoms with Crippen molar-refractivity contribution >= 4 is 32.9 Å². The van der Waals surface area contributed by atoms with Crippen LogP contribution in [0.4, 0.5) is 5.13 Å². The standard InChI is InChI=1S/C25H31N3O4S/c1-4-24(29)32-16-15-31-14-13-30-12-11-28(25-27-22-7-5-6-8-23(22)33-25)26-18-21-17-19(2)9-10-20(21)3/h4-10,17-18,24,29H,1,11-16H2,2-3H3/b26-18+. The van der Waals surface area contributed by atoms with E-state index in [2.05, 4.69) is 44.7 Å². The van der Waals surface area contributed by atoms with E-state index >= 15 is 0 Å². The van der Waals surface area contributed by atoms with Gasteiger partial charge in [-0.1, -0.05) is 53.8 Å². The Morgan fingerprint density at radius 1 is 1.09 bits per heavy atom. The molecule has 0 aliphatic rings. The summed E-state index contributed by atoms with van der Waals surface area (Å²) >= 11 is 1.61. The summed E-state index contributed by atoms with van der Waals surface area (Å²) in [5.74, 6) is 0. The van der Waals surface area contributed by atoms with Crippen molar-refractivity contribution in [2.24, 2.45) is 5.10 Å².